The number of aliphatic hydroxyl groups excluding tert-OH is 1. The van der Waals surface area contributed by atoms with Crippen molar-refractivity contribution >= 4 is 16.3 Å². The number of rotatable bonds is 4. The second-order valence-corrected chi connectivity index (χ2v) is 5.29. The summed E-state index contributed by atoms with van der Waals surface area (Å²) in [4.78, 5) is 10.8. The van der Waals surface area contributed by atoms with Crippen LogP contribution in [0.4, 0.5) is 4.79 Å². The molecule has 7 nitrogen and oxygen atoms in total. The van der Waals surface area contributed by atoms with E-state index in [0.29, 0.717) is 25.9 Å². The lowest BCUT2D eigenvalue weighted by Crippen LogP contribution is -2.42. The molecule has 2 N–H and O–H groups in total. The van der Waals surface area contributed by atoms with Crippen molar-refractivity contribution in [3.63, 3.8) is 0 Å². The molecule has 0 radical (unpaired) electrons. The first kappa shape index (κ1) is 13.2. The number of carbonyl (C=O) groups excluding carboxylic acids is 1. The topological polar surface area (TPSA) is 95.9 Å². The SMILES string of the molecule is COC(=O)NS(=O)(=O)N1CCC(CCO)C1. The van der Waals surface area contributed by atoms with Crippen molar-refractivity contribution in [3.05, 3.63) is 0 Å². The summed E-state index contributed by atoms with van der Waals surface area (Å²) in [6, 6.07) is 0. The highest BCUT2D eigenvalue weighted by Crippen LogP contribution is 2.21. The van der Waals surface area contributed by atoms with E-state index in [1.807, 2.05) is 0 Å². The molecule has 1 rings (SSSR count). The van der Waals surface area contributed by atoms with Gasteiger partial charge >= 0.3 is 16.3 Å². The predicted octanol–water partition coefficient (Wildman–Crippen LogP) is -0.708. The molecular weight excluding hydrogens is 236 g/mol. The van der Waals surface area contributed by atoms with E-state index in [9.17, 15) is 13.2 Å². The van der Waals surface area contributed by atoms with Gasteiger partial charge in [0, 0.05) is 19.7 Å². The summed E-state index contributed by atoms with van der Waals surface area (Å²) in [6.45, 7) is 0.729. The number of aliphatic hydroxyl groups is 1. The van der Waals surface area contributed by atoms with Gasteiger partial charge < -0.3 is 9.84 Å². The maximum atomic E-state index is 11.6. The molecular formula is C8H16N2O5S. The molecule has 0 saturated carbocycles. The van der Waals surface area contributed by atoms with Crippen LogP contribution in [-0.4, -0.2) is 50.7 Å². The summed E-state index contributed by atoms with van der Waals surface area (Å²) in [6.07, 6.45) is 0.276. The Morgan fingerprint density at radius 2 is 2.31 bits per heavy atom. The second-order valence-electron chi connectivity index (χ2n) is 3.62. The van der Waals surface area contributed by atoms with Gasteiger partial charge in [-0.1, -0.05) is 0 Å². The Hall–Kier alpha value is -0.860. The van der Waals surface area contributed by atoms with Crippen molar-refractivity contribution in [2.24, 2.45) is 5.92 Å². The lowest BCUT2D eigenvalue weighted by molar-refractivity contribution is 0.177. The van der Waals surface area contributed by atoms with E-state index in [0.717, 1.165) is 7.11 Å². The third kappa shape index (κ3) is 3.32. The number of hydrogen-bond acceptors (Lipinski definition) is 5. The Bertz CT molecular complexity index is 342. The van der Waals surface area contributed by atoms with E-state index in [1.165, 1.54) is 4.31 Å². The molecule has 1 saturated heterocycles. The van der Waals surface area contributed by atoms with E-state index in [4.69, 9.17) is 5.11 Å². The number of amides is 1. The summed E-state index contributed by atoms with van der Waals surface area (Å²) < 4.78 is 30.4. The van der Waals surface area contributed by atoms with Crippen LogP contribution >= 0.6 is 0 Å². The fourth-order valence-electron chi connectivity index (χ4n) is 1.65. The van der Waals surface area contributed by atoms with Crippen molar-refractivity contribution < 1.29 is 23.1 Å². The van der Waals surface area contributed by atoms with Gasteiger partial charge in [0.05, 0.1) is 7.11 Å². The minimum Gasteiger partial charge on any atom is -0.452 e. The lowest BCUT2D eigenvalue weighted by atomic mass is 10.1. The van der Waals surface area contributed by atoms with Crippen LogP contribution < -0.4 is 4.72 Å². The average Bonchev–Trinajstić information content (AvgIpc) is 2.67. The number of nitrogens with one attached hydrogen (secondary N) is 1. The normalized spacial score (nSPS) is 22.0. The molecule has 1 aliphatic rings. The van der Waals surface area contributed by atoms with Crippen molar-refractivity contribution in [2.45, 2.75) is 12.8 Å². The highest BCUT2D eigenvalue weighted by Gasteiger charge is 2.32. The third-order valence-corrected chi connectivity index (χ3v) is 3.96. The fourth-order valence-corrected chi connectivity index (χ4v) is 2.82. The van der Waals surface area contributed by atoms with E-state index in [-0.39, 0.29) is 12.5 Å². The van der Waals surface area contributed by atoms with Crippen LogP contribution in [-0.2, 0) is 14.9 Å². The van der Waals surface area contributed by atoms with Gasteiger partial charge in [0.1, 0.15) is 0 Å². The zero-order valence-electron chi connectivity index (χ0n) is 9.05. The summed E-state index contributed by atoms with van der Waals surface area (Å²) in [5.74, 6) is 0.152. The van der Waals surface area contributed by atoms with Gasteiger partial charge in [-0.15, -0.1) is 0 Å². The molecule has 8 heteroatoms. The quantitative estimate of drug-likeness (QED) is 0.689. The zero-order valence-corrected chi connectivity index (χ0v) is 9.87. The Morgan fingerprint density at radius 1 is 1.62 bits per heavy atom. The Balaban J connectivity index is 2.55. The molecule has 0 aromatic carbocycles. The molecule has 0 aromatic rings. The smallest absolute Gasteiger partial charge is 0.421 e. The molecule has 1 aliphatic heterocycles. The summed E-state index contributed by atoms with van der Waals surface area (Å²) in [7, 11) is -2.69. The molecule has 0 bridgehead atoms. The molecule has 0 aromatic heterocycles. The fraction of sp³-hybridized carbons (Fsp3) is 0.875. The standard InChI is InChI=1S/C8H16N2O5S/c1-15-8(12)9-16(13,14)10-4-2-7(6-10)3-5-11/h7,11H,2-6H2,1H3,(H,9,12). The predicted molar refractivity (Wildman–Crippen MR) is 55.8 cm³/mol. The van der Waals surface area contributed by atoms with E-state index < -0.39 is 16.3 Å². The van der Waals surface area contributed by atoms with E-state index in [1.54, 1.807) is 4.72 Å². The first-order chi connectivity index (χ1) is 7.49. The van der Waals surface area contributed by atoms with Gasteiger partial charge in [-0.25, -0.2) is 9.52 Å². The highest BCUT2D eigenvalue weighted by molar-refractivity contribution is 7.87. The van der Waals surface area contributed by atoms with Crippen LogP contribution in [0.15, 0.2) is 0 Å². The molecule has 16 heavy (non-hydrogen) atoms. The zero-order chi connectivity index (χ0) is 12.2. The van der Waals surface area contributed by atoms with E-state index >= 15 is 0 Å². The van der Waals surface area contributed by atoms with Crippen molar-refractivity contribution in [3.8, 4) is 0 Å². The largest absolute Gasteiger partial charge is 0.452 e. The van der Waals surface area contributed by atoms with Crippen LogP contribution in [0.25, 0.3) is 0 Å². The molecule has 0 aliphatic carbocycles. The van der Waals surface area contributed by atoms with Gasteiger partial charge in [-0.3, -0.25) is 0 Å². The average molecular weight is 252 g/mol. The van der Waals surface area contributed by atoms with Crippen molar-refractivity contribution in [1.29, 1.82) is 0 Å². The first-order valence-corrected chi connectivity index (χ1v) is 6.40. The van der Waals surface area contributed by atoms with E-state index in [2.05, 4.69) is 4.74 Å². The molecule has 1 amide bonds. The molecule has 1 fully saturated rings. The van der Waals surface area contributed by atoms with Crippen molar-refractivity contribution in [1.82, 2.24) is 9.03 Å². The summed E-state index contributed by atoms with van der Waals surface area (Å²) in [5, 5.41) is 8.74. The minimum atomic E-state index is -3.80. The molecule has 94 valence electrons. The number of ether oxygens (including phenoxy) is 1. The van der Waals surface area contributed by atoms with Gasteiger partial charge in [-0.2, -0.15) is 12.7 Å². The van der Waals surface area contributed by atoms with Crippen LogP contribution in [0, 0.1) is 5.92 Å². The molecule has 0 spiro atoms. The maximum absolute atomic E-state index is 11.6. The van der Waals surface area contributed by atoms with Gasteiger partial charge in [0.25, 0.3) is 0 Å². The summed E-state index contributed by atoms with van der Waals surface area (Å²) >= 11 is 0. The summed E-state index contributed by atoms with van der Waals surface area (Å²) in [5.41, 5.74) is 0. The lowest BCUT2D eigenvalue weighted by Gasteiger charge is -2.16. The Morgan fingerprint density at radius 3 is 2.88 bits per heavy atom. The van der Waals surface area contributed by atoms with Crippen LogP contribution in [0.5, 0.6) is 0 Å². The molecule has 1 unspecified atom stereocenters. The minimum absolute atomic E-state index is 0.0446. The maximum Gasteiger partial charge on any atom is 0.421 e. The number of carbonyl (C=O) groups is 1. The van der Waals surface area contributed by atoms with Crippen LogP contribution in [0.1, 0.15) is 12.8 Å². The first-order valence-electron chi connectivity index (χ1n) is 4.96. The van der Waals surface area contributed by atoms with Gasteiger partial charge in [0.2, 0.25) is 0 Å². The number of hydrogen-bond donors (Lipinski definition) is 2. The van der Waals surface area contributed by atoms with Gasteiger partial charge in [-0.05, 0) is 18.8 Å². The highest BCUT2D eigenvalue weighted by atomic mass is 32.2. The van der Waals surface area contributed by atoms with Crippen LogP contribution in [0.3, 0.4) is 0 Å². The monoisotopic (exact) mass is 252 g/mol. The van der Waals surface area contributed by atoms with Gasteiger partial charge in [0.15, 0.2) is 0 Å². The molecule has 1 heterocycles. The number of nitrogens with zero attached hydrogens (tertiary/aromatic N) is 1. The van der Waals surface area contributed by atoms with Crippen LogP contribution in [0.2, 0.25) is 0 Å². The molecule has 1 atom stereocenters. The second kappa shape index (κ2) is 5.46. The number of methoxy groups -OCH3 is 1. The third-order valence-electron chi connectivity index (χ3n) is 2.52. The Labute approximate surface area is 94.6 Å². The van der Waals surface area contributed by atoms with Crippen molar-refractivity contribution in [2.75, 3.05) is 26.8 Å². The Kier molecular flexibility index (Phi) is 4.51.